The normalized spacial score (nSPS) is 25.8. The van der Waals surface area contributed by atoms with Crippen molar-refractivity contribution in [3.63, 3.8) is 0 Å². The van der Waals surface area contributed by atoms with Gasteiger partial charge >= 0.3 is 0 Å². The van der Waals surface area contributed by atoms with Gasteiger partial charge in [0.15, 0.2) is 4.60 Å². The Labute approximate surface area is 105 Å². The van der Waals surface area contributed by atoms with Crippen LogP contribution < -0.4 is 5.32 Å². The lowest BCUT2D eigenvalue weighted by Gasteiger charge is -2.18. The van der Waals surface area contributed by atoms with E-state index in [1.165, 1.54) is 12.1 Å². The Balaban J connectivity index is 2.18. The number of nitrogens with one attached hydrogen (secondary N) is 1. The number of halogens is 1. The lowest BCUT2D eigenvalue weighted by Crippen LogP contribution is -2.26. The first-order chi connectivity index (χ1) is 7.65. The van der Waals surface area contributed by atoms with Crippen LogP contribution in [0.5, 0.6) is 0 Å². The highest BCUT2D eigenvalue weighted by molar-refractivity contribution is 9.10. The van der Waals surface area contributed by atoms with Crippen molar-refractivity contribution in [2.24, 2.45) is 18.9 Å². The van der Waals surface area contributed by atoms with Crippen LogP contribution in [0.4, 0.5) is 0 Å². The highest BCUT2D eigenvalue weighted by Gasteiger charge is 2.42. The third-order valence-electron chi connectivity index (χ3n) is 3.34. The van der Waals surface area contributed by atoms with E-state index in [-0.39, 0.29) is 0 Å². The minimum Gasteiger partial charge on any atom is -0.308 e. The minimum atomic E-state index is 0.393. The molecule has 1 aliphatic carbocycles. The summed E-state index contributed by atoms with van der Waals surface area (Å²) in [5.74, 6) is 1.55. The number of aryl methyl sites for hydroxylation is 1. The monoisotopic (exact) mass is 286 g/mol. The molecule has 16 heavy (non-hydrogen) atoms. The average Bonchev–Trinajstić information content (AvgIpc) is 2.88. The van der Waals surface area contributed by atoms with Gasteiger partial charge in [-0.3, -0.25) is 0 Å². The SMILES string of the molecule is CCCNC(c1c(Br)nnn1C)C1CC1C. The molecule has 1 saturated carbocycles. The van der Waals surface area contributed by atoms with Gasteiger partial charge in [-0.05, 0) is 47.2 Å². The van der Waals surface area contributed by atoms with Crippen molar-refractivity contribution in [3.05, 3.63) is 10.3 Å². The van der Waals surface area contributed by atoms with Crippen molar-refractivity contribution in [3.8, 4) is 0 Å². The minimum absolute atomic E-state index is 0.393. The third kappa shape index (κ3) is 2.30. The second kappa shape index (κ2) is 4.84. The number of hydrogen-bond acceptors (Lipinski definition) is 3. The zero-order valence-electron chi connectivity index (χ0n) is 10.1. The molecule has 1 aliphatic rings. The fourth-order valence-electron chi connectivity index (χ4n) is 2.23. The molecule has 1 aromatic heterocycles. The first-order valence-electron chi connectivity index (χ1n) is 5.93. The highest BCUT2D eigenvalue weighted by Crippen LogP contribution is 2.47. The van der Waals surface area contributed by atoms with Gasteiger partial charge in [0.25, 0.3) is 0 Å². The molecule has 0 spiro atoms. The van der Waals surface area contributed by atoms with Crippen LogP contribution in [-0.4, -0.2) is 21.5 Å². The predicted octanol–water partition coefficient (Wildman–Crippen LogP) is 2.27. The molecule has 1 aromatic rings. The van der Waals surface area contributed by atoms with Crippen molar-refractivity contribution < 1.29 is 0 Å². The maximum atomic E-state index is 4.07. The summed E-state index contributed by atoms with van der Waals surface area (Å²) in [6.07, 6.45) is 2.46. The highest BCUT2D eigenvalue weighted by atomic mass is 79.9. The van der Waals surface area contributed by atoms with Gasteiger partial charge in [0.1, 0.15) is 0 Å². The van der Waals surface area contributed by atoms with E-state index in [4.69, 9.17) is 0 Å². The molecule has 0 radical (unpaired) electrons. The van der Waals surface area contributed by atoms with E-state index in [2.05, 4.69) is 45.4 Å². The Morgan fingerprint density at radius 1 is 1.62 bits per heavy atom. The predicted molar refractivity (Wildman–Crippen MR) is 67.0 cm³/mol. The summed E-state index contributed by atoms with van der Waals surface area (Å²) in [4.78, 5) is 0. The fourth-order valence-corrected chi connectivity index (χ4v) is 2.81. The first-order valence-corrected chi connectivity index (χ1v) is 6.72. The molecule has 5 heteroatoms. The van der Waals surface area contributed by atoms with Crippen LogP contribution in [0.2, 0.25) is 0 Å². The molecule has 0 amide bonds. The van der Waals surface area contributed by atoms with Crippen LogP contribution in [0.1, 0.15) is 38.4 Å². The topological polar surface area (TPSA) is 42.7 Å². The third-order valence-corrected chi connectivity index (χ3v) is 3.90. The van der Waals surface area contributed by atoms with E-state index in [9.17, 15) is 0 Å². The number of rotatable bonds is 5. The van der Waals surface area contributed by atoms with Crippen LogP contribution in [-0.2, 0) is 7.05 Å². The maximum absolute atomic E-state index is 4.07. The molecule has 3 unspecified atom stereocenters. The van der Waals surface area contributed by atoms with E-state index in [0.717, 1.165) is 29.4 Å². The summed E-state index contributed by atoms with van der Waals surface area (Å²) >= 11 is 3.49. The summed E-state index contributed by atoms with van der Waals surface area (Å²) in [7, 11) is 1.96. The molecule has 3 atom stereocenters. The quantitative estimate of drug-likeness (QED) is 0.903. The second-order valence-corrected chi connectivity index (χ2v) is 5.45. The molecule has 0 bridgehead atoms. The Morgan fingerprint density at radius 3 is 2.75 bits per heavy atom. The van der Waals surface area contributed by atoms with Gasteiger partial charge in [-0.15, -0.1) is 5.10 Å². The van der Waals surface area contributed by atoms with Crippen molar-refractivity contribution in [1.82, 2.24) is 20.3 Å². The van der Waals surface area contributed by atoms with Gasteiger partial charge in [-0.25, -0.2) is 4.68 Å². The molecule has 1 N–H and O–H groups in total. The van der Waals surface area contributed by atoms with Gasteiger partial charge in [0.05, 0.1) is 11.7 Å². The van der Waals surface area contributed by atoms with Crippen LogP contribution >= 0.6 is 15.9 Å². The molecule has 0 aromatic carbocycles. The Bertz CT molecular complexity index is 343. The Kier molecular flexibility index (Phi) is 3.64. The number of hydrogen-bond donors (Lipinski definition) is 1. The molecule has 90 valence electrons. The van der Waals surface area contributed by atoms with Gasteiger partial charge in [-0.1, -0.05) is 19.1 Å². The van der Waals surface area contributed by atoms with Crippen LogP contribution in [0.3, 0.4) is 0 Å². The summed E-state index contributed by atoms with van der Waals surface area (Å²) < 4.78 is 2.75. The Morgan fingerprint density at radius 2 is 2.31 bits per heavy atom. The van der Waals surface area contributed by atoms with E-state index < -0.39 is 0 Å². The first kappa shape index (κ1) is 12.0. The van der Waals surface area contributed by atoms with Gasteiger partial charge in [0, 0.05) is 7.05 Å². The Hall–Kier alpha value is -0.420. The van der Waals surface area contributed by atoms with Crippen molar-refractivity contribution in [2.75, 3.05) is 6.54 Å². The lowest BCUT2D eigenvalue weighted by atomic mass is 10.1. The number of nitrogens with zero attached hydrogens (tertiary/aromatic N) is 3. The maximum Gasteiger partial charge on any atom is 0.153 e. The van der Waals surface area contributed by atoms with Crippen molar-refractivity contribution >= 4 is 15.9 Å². The summed E-state index contributed by atoms with van der Waals surface area (Å²) in [5, 5.41) is 11.7. The summed E-state index contributed by atoms with van der Waals surface area (Å²) in [6.45, 7) is 5.55. The van der Waals surface area contributed by atoms with Gasteiger partial charge in [0.2, 0.25) is 0 Å². The molecule has 1 heterocycles. The van der Waals surface area contributed by atoms with Crippen LogP contribution in [0, 0.1) is 11.8 Å². The molecule has 2 rings (SSSR count). The van der Waals surface area contributed by atoms with Crippen LogP contribution in [0.25, 0.3) is 0 Å². The van der Waals surface area contributed by atoms with Gasteiger partial charge in [-0.2, -0.15) is 0 Å². The van der Waals surface area contributed by atoms with E-state index >= 15 is 0 Å². The molecule has 4 nitrogen and oxygen atoms in total. The molecule has 0 saturated heterocycles. The second-order valence-electron chi connectivity index (χ2n) is 4.70. The zero-order chi connectivity index (χ0) is 11.7. The molecule has 1 fully saturated rings. The fraction of sp³-hybridized carbons (Fsp3) is 0.818. The number of aromatic nitrogens is 3. The average molecular weight is 287 g/mol. The molecular formula is C11H19BrN4. The van der Waals surface area contributed by atoms with Crippen molar-refractivity contribution in [2.45, 2.75) is 32.7 Å². The smallest absolute Gasteiger partial charge is 0.153 e. The van der Waals surface area contributed by atoms with Crippen LogP contribution in [0.15, 0.2) is 4.60 Å². The molecular weight excluding hydrogens is 268 g/mol. The van der Waals surface area contributed by atoms with Gasteiger partial charge < -0.3 is 5.32 Å². The lowest BCUT2D eigenvalue weighted by molar-refractivity contribution is 0.434. The summed E-state index contributed by atoms with van der Waals surface area (Å²) in [5.41, 5.74) is 1.18. The zero-order valence-corrected chi connectivity index (χ0v) is 11.7. The largest absolute Gasteiger partial charge is 0.308 e. The molecule has 0 aliphatic heterocycles. The van der Waals surface area contributed by atoms with E-state index in [0.29, 0.717) is 6.04 Å². The van der Waals surface area contributed by atoms with E-state index in [1.54, 1.807) is 0 Å². The van der Waals surface area contributed by atoms with Crippen molar-refractivity contribution in [1.29, 1.82) is 0 Å². The van der Waals surface area contributed by atoms with E-state index in [1.807, 2.05) is 11.7 Å². The standard InChI is InChI=1S/C11H19BrN4/c1-4-5-13-9(8-6-7(8)2)10-11(12)14-15-16(10)3/h7-9,13H,4-6H2,1-3H3. The summed E-state index contributed by atoms with van der Waals surface area (Å²) in [6, 6.07) is 0.393.